The van der Waals surface area contributed by atoms with Crippen LogP contribution in [-0.2, 0) is 6.42 Å². The van der Waals surface area contributed by atoms with E-state index in [4.69, 9.17) is 15.4 Å². The third-order valence-electron chi connectivity index (χ3n) is 8.01. The van der Waals surface area contributed by atoms with Gasteiger partial charge < -0.3 is 15.5 Å². The van der Waals surface area contributed by atoms with Crippen molar-refractivity contribution in [3.8, 4) is 17.2 Å². The zero-order chi connectivity index (χ0) is 34.2. The molecule has 2 amide bonds. The Morgan fingerprint density at radius 3 is 2.36 bits per heavy atom. The number of nitrogens with zero attached hydrogens (tertiary/aromatic N) is 3. The van der Waals surface area contributed by atoms with Crippen LogP contribution in [0, 0.1) is 35.8 Å². The molecule has 11 heteroatoms. The molecule has 3 heterocycles. The van der Waals surface area contributed by atoms with E-state index in [1.165, 1.54) is 28.8 Å². The van der Waals surface area contributed by atoms with E-state index in [1.807, 2.05) is 33.8 Å². The van der Waals surface area contributed by atoms with Crippen LogP contribution in [0.15, 0.2) is 69.9 Å². The molecule has 9 nitrogen and oxygen atoms in total. The number of halogens is 2. The van der Waals surface area contributed by atoms with Crippen LogP contribution in [-0.4, -0.2) is 21.4 Å². The Kier molecular flexibility index (Phi) is 9.06. The first-order valence-electron chi connectivity index (χ1n) is 15.0. The Balaban J connectivity index is 0.000000474. The molecule has 6 rings (SSSR count). The van der Waals surface area contributed by atoms with E-state index in [9.17, 15) is 23.2 Å². The molecule has 1 aliphatic heterocycles. The molecule has 0 bridgehead atoms. The quantitative estimate of drug-likeness (QED) is 0.217. The molecule has 240 valence electrons. The lowest BCUT2D eigenvalue weighted by Gasteiger charge is -2.18. The molecule has 0 saturated carbocycles. The number of oxazole rings is 1. The Labute approximate surface area is 269 Å². The number of pyridine rings is 1. The second kappa shape index (κ2) is 13.0. The minimum atomic E-state index is -0.743. The fourth-order valence-electron chi connectivity index (χ4n) is 5.79. The maximum atomic E-state index is 14.8. The molecule has 47 heavy (non-hydrogen) atoms. The van der Waals surface area contributed by atoms with E-state index in [-0.39, 0.29) is 51.5 Å². The van der Waals surface area contributed by atoms with Crippen molar-refractivity contribution in [3.63, 3.8) is 0 Å². The Morgan fingerprint density at radius 1 is 1.06 bits per heavy atom. The number of nitrogens with two attached hydrogens (primary N) is 1. The third kappa shape index (κ3) is 6.40. The summed E-state index contributed by atoms with van der Waals surface area (Å²) in [6, 6.07) is 16.1. The molecule has 0 saturated heterocycles. The summed E-state index contributed by atoms with van der Waals surface area (Å²) in [5.41, 5.74) is 10.1. The van der Waals surface area contributed by atoms with E-state index in [2.05, 4.69) is 10.3 Å². The van der Waals surface area contributed by atoms with Crippen LogP contribution in [0.25, 0.3) is 22.2 Å². The van der Waals surface area contributed by atoms with Gasteiger partial charge in [-0.3, -0.25) is 19.1 Å². The maximum Gasteiger partial charge on any atom is 0.420 e. The lowest BCUT2D eigenvalue weighted by atomic mass is 9.89. The van der Waals surface area contributed by atoms with Crippen molar-refractivity contribution in [3.05, 3.63) is 122 Å². The summed E-state index contributed by atoms with van der Waals surface area (Å²) < 4.78 is 33.7. The van der Waals surface area contributed by atoms with Gasteiger partial charge in [-0.05, 0) is 75.1 Å². The molecule has 1 aliphatic rings. The number of carbonyl (C=O) groups excluding carboxylic acids is 2. The fraction of sp³-hybridized carbons (Fsp3) is 0.250. The van der Waals surface area contributed by atoms with Crippen LogP contribution in [0.4, 0.5) is 8.78 Å². The highest BCUT2D eigenvalue weighted by Gasteiger charge is 2.35. The van der Waals surface area contributed by atoms with Gasteiger partial charge in [0.2, 0.25) is 0 Å². The number of rotatable bonds is 6. The first-order chi connectivity index (χ1) is 22.3. The number of carbonyl (C=O) groups is 2. The summed E-state index contributed by atoms with van der Waals surface area (Å²) >= 11 is 0. The average molecular weight is 638 g/mol. The van der Waals surface area contributed by atoms with Crippen LogP contribution in [0.5, 0.6) is 0 Å². The lowest BCUT2D eigenvalue weighted by Crippen LogP contribution is -2.21. The molecule has 2 unspecified atom stereocenters. The van der Waals surface area contributed by atoms with Gasteiger partial charge in [0, 0.05) is 11.1 Å². The van der Waals surface area contributed by atoms with Gasteiger partial charge in [0.05, 0.1) is 51.7 Å². The second-order valence-electron chi connectivity index (χ2n) is 12.0. The van der Waals surface area contributed by atoms with Gasteiger partial charge in [-0.15, -0.1) is 0 Å². The zero-order valence-corrected chi connectivity index (χ0v) is 26.5. The monoisotopic (exact) mass is 637 g/mol. The van der Waals surface area contributed by atoms with Crippen molar-refractivity contribution in [1.82, 2.24) is 14.9 Å². The van der Waals surface area contributed by atoms with Gasteiger partial charge in [0.1, 0.15) is 11.6 Å². The number of nitrogens with one attached hydrogen (secondary N) is 1. The number of primary amides is 1. The first-order valence-corrected chi connectivity index (χ1v) is 15.0. The van der Waals surface area contributed by atoms with E-state index in [1.54, 1.807) is 37.3 Å². The summed E-state index contributed by atoms with van der Waals surface area (Å²) in [4.78, 5) is 43.4. The van der Waals surface area contributed by atoms with Crippen LogP contribution < -0.4 is 16.8 Å². The smallest absolute Gasteiger partial charge is 0.408 e. The van der Waals surface area contributed by atoms with E-state index in [0.29, 0.717) is 34.5 Å². The summed E-state index contributed by atoms with van der Waals surface area (Å²) in [6.45, 7) is 9.38. The molecule has 2 aromatic heterocycles. The minimum absolute atomic E-state index is 0.154. The van der Waals surface area contributed by atoms with E-state index < -0.39 is 23.5 Å². The van der Waals surface area contributed by atoms with Gasteiger partial charge in [-0.2, -0.15) is 5.26 Å². The van der Waals surface area contributed by atoms with Crippen molar-refractivity contribution in [1.29, 1.82) is 5.26 Å². The number of fused-ring (bicyclic) bond motifs is 2. The van der Waals surface area contributed by atoms with Gasteiger partial charge in [-0.1, -0.05) is 43.7 Å². The number of aromatic nitrogens is 2. The van der Waals surface area contributed by atoms with E-state index >= 15 is 0 Å². The molecule has 0 aliphatic carbocycles. The number of aryl methyl sites for hydroxylation is 1. The molecular weight excluding hydrogens is 604 g/mol. The molecule has 5 aromatic rings. The lowest BCUT2D eigenvalue weighted by molar-refractivity contribution is 0.0958. The van der Waals surface area contributed by atoms with Gasteiger partial charge in [-0.25, -0.2) is 13.6 Å². The third-order valence-corrected chi connectivity index (χ3v) is 8.01. The van der Waals surface area contributed by atoms with Gasteiger partial charge >= 0.3 is 5.76 Å². The SMILES string of the molecule is CC(C)Cc1nc2c(c(-c3ccc4c(c3)oc(=O)n4C(C)c3ccc(C#N)cc3F)c1C(N)=O)C(=O)NC2C.Cc1ccc(F)cc1. The molecule has 0 fully saturated rings. The topological polar surface area (TPSA) is 144 Å². The largest absolute Gasteiger partial charge is 0.420 e. The molecular formula is C36H33F2N5O4. The summed E-state index contributed by atoms with van der Waals surface area (Å²) in [7, 11) is 0. The average Bonchev–Trinajstić information content (AvgIpc) is 3.50. The summed E-state index contributed by atoms with van der Waals surface area (Å²) in [5, 5.41) is 11.9. The van der Waals surface area contributed by atoms with Gasteiger partial charge in [0.25, 0.3) is 11.8 Å². The summed E-state index contributed by atoms with van der Waals surface area (Å²) in [5.74, 6) is -2.41. The minimum Gasteiger partial charge on any atom is -0.408 e. The number of nitriles is 1. The van der Waals surface area contributed by atoms with Crippen molar-refractivity contribution in [2.75, 3.05) is 0 Å². The maximum absolute atomic E-state index is 14.8. The fourth-order valence-corrected chi connectivity index (χ4v) is 5.79. The van der Waals surface area contributed by atoms with Crippen LogP contribution >= 0.6 is 0 Å². The number of amides is 2. The van der Waals surface area contributed by atoms with Gasteiger partial charge in [0.15, 0.2) is 5.58 Å². The van der Waals surface area contributed by atoms with Crippen molar-refractivity contribution >= 4 is 22.9 Å². The Morgan fingerprint density at radius 2 is 1.77 bits per heavy atom. The number of benzene rings is 3. The molecule has 2 atom stereocenters. The second-order valence-corrected chi connectivity index (χ2v) is 12.0. The number of hydrogen-bond acceptors (Lipinski definition) is 6. The molecule has 3 aromatic carbocycles. The van der Waals surface area contributed by atoms with Crippen LogP contribution in [0.3, 0.4) is 0 Å². The predicted molar refractivity (Wildman–Crippen MR) is 173 cm³/mol. The standard InChI is InChI=1S/C29H26FN5O4.C7H7F/c1-13(2)9-20-24(27(32)36)23(25-26(34-20)14(3)33-28(25)37)17-6-8-21-22(11-17)39-29(38)35(21)15(4)18-7-5-16(12-31)10-19(18)30;1-6-2-4-7(8)5-3-6/h5-8,10-11,13-15H,9H2,1-4H3,(H2,32,36)(H,33,37);2-5H,1H3. The first kappa shape index (κ1) is 32.8. The van der Waals surface area contributed by atoms with Crippen molar-refractivity contribution in [2.45, 2.75) is 53.1 Å². The Bertz CT molecular complexity index is 2110. The molecule has 0 radical (unpaired) electrons. The van der Waals surface area contributed by atoms with Crippen LogP contribution in [0.1, 0.15) is 88.6 Å². The molecule has 3 N–H and O–H groups in total. The van der Waals surface area contributed by atoms with Crippen molar-refractivity contribution in [2.24, 2.45) is 11.7 Å². The van der Waals surface area contributed by atoms with Crippen molar-refractivity contribution < 1.29 is 22.8 Å². The normalized spacial score (nSPS) is 14.3. The summed E-state index contributed by atoms with van der Waals surface area (Å²) in [6.07, 6.45) is 0.473. The van der Waals surface area contributed by atoms with E-state index in [0.717, 1.165) is 11.6 Å². The predicted octanol–water partition coefficient (Wildman–Crippen LogP) is 6.51. The Hall–Kier alpha value is -5.63. The highest BCUT2D eigenvalue weighted by molar-refractivity contribution is 6.11. The number of hydrogen-bond donors (Lipinski definition) is 2. The van der Waals surface area contributed by atoms with Crippen LogP contribution in [0.2, 0.25) is 0 Å². The zero-order valence-electron chi connectivity index (χ0n) is 26.5. The molecule has 0 spiro atoms. The highest BCUT2D eigenvalue weighted by atomic mass is 19.1. The highest BCUT2D eigenvalue weighted by Crippen LogP contribution is 2.38.